The Morgan fingerprint density at radius 3 is 2.33 bits per heavy atom. The number of nitrogens with one attached hydrogen (secondary N) is 1. The summed E-state index contributed by atoms with van der Waals surface area (Å²) in [7, 11) is 3.23. The number of rotatable bonds is 11. The Bertz CT molecular complexity index is 828. The second-order valence-electron chi connectivity index (χ2n) is 6.51. The van der Waals surface area contributed by atoms with E-state index < -0.39 is 0 Å². The Balaban J connectivity index is 0.00000450. The number of hydrogen-bond donors (Lipinski definition) is 2. The third kappa shape index (κ3) is 8.44. The molecule has 0 bridgehead atoms. The first-order chi connectivity index (χ1) is 14.0. The highest BCUT2D eigenvalue weighted by molar-refractivity contribution is 14.0. The zero-order valence-corrected chi connectivity index (χ0v) is 19.6. The van der Waals surface area contributed by atoms with Gasteiger partial charge < -0.3 is 20.5 Å². The molecule has 0 amide bonds. The maximum Gasteiger partial charge on any atom is 0.269 e. The average molecular weight is 528 g/mol. The number of aliphatic imine (C=N–C) groups is 1. The molecule has 30 heavy (non-hydrogen) atoms. The molecule has 0 aliphatic carbocycles. The number of unbranched alkanes of at least 4 members (excludes halogenated alkanes) is 1. The minimum absolute atomic E-state index is 0. The normalized spacial score (nSPS) is 10.8. The van der Waals surface area contributed by atoms with Crippen LogP contribution in [0.25, 0.3) is 0 Å². The Morgan fingerprint density at radius 2 is 1.70 bits per heavy atom. The fraction of sp³-hybridized carbons (Fsp3) is 0.381. The molecule has 164 valence electrons. The first kappa shape index (κ1) is 25.5. The number of guanidine groups is 1. The van der Waals surface area contributed by atoms with Gasteiger partial charge in [0.05, 0.1) is 19.1 Å². The largest absolute Gasteiger partial charge is 0.493 e. The molecule has 0 radical (unpaired) electrons. The van der Waals surface area contributed by atoms with E-state index in [1.807, 2.05) is 18.2 Å². The van der Waals surface area contributed by atoms with Gasteiger partial charge in [0.1, 0.15) is 0 Å². The van der Waals surface area contributed by atoms with Gasteiger partial charge in [-0.1, -0.05) is 18.2 Å². The number of nitro groups is 1. The summed E-state index contributed by atoms with van der Waals surface area (Å²) in [6, 6.07) is 12.5. The number of halogens is 1. The number of hydrogen-bond acceptors (Lipinski definition) is 5. The molecule has 2 rings (SSSR count). The van der Waals surface area contributed by atoms with E-state index in [0.29, 0.717) is 30.5 Å². The van der Waals surface area contributed by atoms with Crippen LogP contribution in [0.3, 0.4) is 0 Å². The molecule has 8 nitrogen and oxygen atoms in total. The molecule has 0 aromatic heterocycles. The zero-order valence-electron chi connectivity index (χ0n) is 17.3. The summed E-state index contributed by atoms with van der Waals surface area (Å²) < 4.78 is 10.5. The number of ether oxygens (including phenoxy) is 2. The van der Waals surface area contributed by atoms with Crippen LogP contribution in [0.1, 0.15) is 24.0 Å². The van der Waals surface area contributed by atoms with E-state index in [1.54, 1.807) is 26.4 Å². The lowest BCUT2D eigenvalue weighted by Crippen LogP contribution is -2.33. The summed E-state index contributed by atoms with van der Waals surface area (Å²) in [4.78, 5) is 14.6. The minimum atomic E-state index is -0.389. The van der Waals surface area contributed by atoms with Crippen molar-refractivity contribution in [3.63, 3.8) is 0 Å². The smallest absolute Gasteiger partial charge is 0.269 e. The number of methoxy groups -OCH3 is 2. The van der Waals surface area contributed by atoms with Crippen molar-refractivity contribution >= 4 is 35.6 Å². The van der Waals surface area contributed by atoms with E-state index in [-0.39, 0.29) is 34.6 Å². The van der Waals surface area contributed by atoms with Crippen molar-refractivity contribution in [3.05, 3.63) is 63.7 Å². The molecule has 0 heterocycles. The molecule has 2 aromatic rings. The summed E-state index contributed by atoms with van der Waals surface area (Å²) >= 11 is 0. The maximum atomic E-state index is 10.6. The lowest BCUT2D eigenvalue weighted by Gasteiger charge is -2.10. The molecule has 2 aromatic carbocycles. The number of nitrogens with zero attached hydrogens (tertiary/aromatic N) is 2. The predicted molar refractivity (Wildman–Crippen MR) is 129 cm³/mol. The lowest BCUT2D eigenvalue weighted by atomic mass is 10.1. The Kier molecular flexibility index (Phi) is 11.6. The molecule has 0 atom stereocenters. The van der Waals surface area contributed by atoms with Gasteiger partial charge in [-0.25, -0.2) is 0 Å². The van der Waals surface area contributed by atoms with Gasteiger partial charge in [0.2, 0.25) is 0 Å². The highest BCUT2D eigenvalue weighted by Gasteiger charge is 2.05. The molecule has 0 spiro atoms. The van der Waals surface area contributed by atoms with E-state index in [4.69, 9.17) is 15.2 Å². The predicted octanol–water partition coefficient (Wildman–Crippen LogP) is 3.70. The van der Waals surface area contributed by atoms with Crippen LogP contribution in [-0.4, -0.2) is 38.2 Å². The van der Waals surface area contributed by atoms with Gasteiger partial charge in [-0.3, -0.25) is 15.1 Å². The van der Waals surface area contributed by atoms with Crippen molar-refractivity contribution in [1.82, 2.24) is 5.32 Å². The molecule has 0 saturated carbocycles. The first-order valence-corrected chi connectivity index (χ1v) is 9.51. The van der Waals surface area contributed by atoms with Crippen LogP contribution in [0.5, 0.6) is 11.5 Å². The van der Waals surface area contributed by atoms with Crippen molar-refractivity contribution in [3.8, 4) is 11.5 Å². The number of non-ortho nitro benzene ring substituents is 1. The quantitative estimate of drug-likeness (QED) is 0.115. The molecule has 9 heteroatoms. The van der Waals surface area contributed by atoms with Crippen molar-refractivity contribution in [2.24, 2.45) is 10.7 Å². The highest BCUT2D eigenvalue weighted by atomic mass is 127. The summed E-state index contributed by atoms with van der Waals surface area (Å²) in [6.45, 7) is 1.32. The number of nitro benzene ring substituents is 1. The Labute approximate surface area is 194 Å². The van der Waals surface area contributed by atoms with Gasteiger partial charge in [-0.15, -0.1) is 24.0 Å². The number of nitrogens with two attached hydrogens (primary N) is 1. The van der Waals surface area contributed by atoms with Gasteiger partial charge in [-0.2, -0.15) is 0 Å². The monoisotopic (exact) mass is 528 g/mol. The van der Waals surface area contributed by atoms with Gasteiger partial charge in [0.25, 0.3) is 5.69 Å². The van der Waals surface area contributed by atoms with E-state index in [9.17, 15) is 10.1 Å². The minimum Gasteiger partial charge on any atom is -0.493 e. The number of aryl methyl sites for hydroxylation is 1. The standard InChI is InChI=1S/C21H28N4O4.HI/c1-28-19-11-8-17(15-20(19)29-2)12-14-24-21(22)23-13-4-3-5-16-6-9-18(10-7-16)25(26)27;/h6-11,15H,3-5,12-14H2,1-2H3,(H3,22,23,24);1H. The van der Waals surface area contributed by atoms with Crippen LogP contribution in [0, 0.1) is 10.1 Å². The molecular weight excluding hydrogens is 499 g/mol. The summed E-state index contributed by atoms with van der Waals surface area (Å²) in [5.74, 6) is 1.85. The topological polar surface area (TPSA) is 112 Å². The van der Waals surface area contributed by atoms with Gasteiger partial charge in [0.15, 0.2) is 17.5 Å². The maximum absolute atomic E-state index is 10.6. The van der Waals surface area contributed by atoms with Crippen LogP contribution in [0.4, 0.5) is 5.69 Å². The van der Waals surface area contributed by atoms with Gasteiger partial charge >= 0.3 is 0 Å². The van der Waals surface area contributed by atoms with Crippen LogP contribution in [0.15, 0.2) is 47.5 Å². The fourth-order valence-corrected chi connectivity index (χ4v) is 2.85. The molecule has 0 saturated heterocycles. The second-order valence-corrected chi connectivity index (χ2v) is 6.51. The number of benzene rings is 2. The molecule has 3 N–H and O–H groups in total. The third-order valence-electron chi connectivity index (χ3n) is 4.47. The van der Waals surface area contributed by atoms with E-state index in [1.165, 1.54) is 12.1 Å². The Morgan fingerprint density at radius 1 is 1.03 bits per heavy atom. The molecule has 0 fully saturated rings. The van der Waals surface area contributed by atoms with Crippen LogP contribution in [-0.2, 0) is 12.8 Å². The molecule has 0 aliphatic heterocycles. The van der Waals surface area contributed by atoms with Gasteiger partial charge in [0, 0.05) is 25.2 Å². The van der Waals surface area contributed by atoms with Crippen molar-refractivity contribution in [2.75, 3.05) is 27.3 Å². The highest BCUT2D eigenvalue weighted by Crippen LogP contribution is 2.27. The van der Waals surface area contributed by atoms with Crippen molar-refractivity contribution in [1.29, 1.82) is 0 Å². The third-order valence-corrected chi connectivity index (χ3v) is 4.47. The van der Waals surface area contributed by atoms with E-state index in [2.05, 4.69) is 10.3 Å². The van der Waals surface area contributed by atoms with Crippen molar-refractivity contribution in [2.45, 2.75) is 25.7 Å². The Hall–Kier alpha value is -2.56. The molecule has 0 aliphatic rings. The lowest BCUT2D eigenvalue weighted by molar-refractivity contribution is -0.384. The van der Waals surface area contributed by atoms with Gasteiger partial charge in [-0.05, 0) is 48.9 Å². The average Bonchev–Trinajstić information content (AvgIpc) is 2.73. The van der Waals surface area contributed by atoms with Crippen LogP contribution in [0.2, 0.25) is 0 Å². The SMILES string of the molecule is COc1ccc(CCNC(N)=NCCCCc2ccc([N+](=O)[O-])cc2)cc1OC.I. The van der Waals surface area contributed by atoms with E-state index in [0.717, 1.165) is 36.8 Å². The van der Waals surface area contributed by atoms with Crippen molar-refractivity contribution < 1.29 is 14.4 Å². The summed E-state index contributed by atoms with van der Waals surface area (Å²) in [5.41, 5.74) is 8.22. The van der Waals surface area contributed by atoms with Crippen LogP contribution < -0.4 is 20.5 Å². The zero-order chi connectivity index (χ0) is 21.1. The second kappa shape index (κ2) is 13.6. The van der Waals surface area contributed by atoms with E-state index >= 15 is 0 Å². The van der Waals surface area contributed by atoms with Crippen LogP contribution >= 0.6 is 24.0 Å². The molecular formula is C21H29IN4O4. The fourth-order valence-electron chi connectivity index (χ4n) is 2.85. The summed E-state index contributed by atoms with van der Waals surface area (Å²) in [5, 5.41) is 13.8. The first-order valence-electron chi connectivity index (χ1n) is 9.51. The summed E-state index contributed by atoms with van der Waals surface area (Å²) in [6.07, 6.45) is 3.49. The molecule has 0 unspecified atom stereocenters.